The van der Waals surface area contributed by atoms with E-state index < -0.39 is 6.04 Å². The fourth-order valence-electron chi connectivity index (χ4n) is 1.90. The van der Waals surface area contributed by atoms with Gasteiger partial charge in [-0.1, -0.05) is 26.0 Å². The van der Waals surface area contributed by atoms with Crippen molar-refractivity contribution in [1.82, 2.24) is 5.32 Å². The molecule has 0 saturated carbocycles. The van der Waals surface area contributed by atoms with Gasteiger partial charge in [0.05, 0.1) is 13.2 Å². The second-order valence-corrected chi connectivity index (χ2v) is 5.13. The van der Waals surface area contributed by atoms with Crippen molar-refractivity contribution in [2.45, 2.75) is 32.7 Å². The van der Waals surface area contributed by atoms with E-state index in [-0.39, 0.29) is 5.91 Å². The van der Waals surface area contributed by atoms with Crippen LogP contribution in [0.5, 0.6) is 5.75 Å². The maximum absolute atomic E-state index is 11.7. The zero-order valence-electron chi connectivity index (χ0n) is 12.0. The number of hydrogen-bond acceptors (Lipinski definition) is 3. The summed E-state index contributed by atoms with van der Waals surface area (Å²) in [6, 6.07) is 7.43. The van der Waals surface area contributed by atoms with E-state index in [4.69, 9.17) is 10.5 Å². The summed E-state index contributed by atoms with van der Waals surface area (Å²) < 4.78 is 5.16. The van der Waals surface area contributed by atoms with Crippen molar-refractivity contribution < 1.29 is 9.53 Å². The summed E-state index contributed by atoms with van der Waals surface area (Å²) in [5.74, 6) is 1.19. The molecule has 1 amide bonds. The molecular weight excluding hydrogens is 240 g/mol. The molecule has 0 heterocycles. The van der Waals surface area contributed by atoms with E-state index in [9.17, 15) is 4.79 Å². The largest absolute Gasteiger partial charge is 0.497 e. The number of ether oxygens (including phenoxy) is 1. The van der Waals surface area contributed by atoms with E-state index in [1.165, 1.54) is 0 Å². The molecule has 19 heavy (non-hydrogen) atoms. The topological polar surface area (TPSA) is 64.3 Å². The lowest BCUT2D eigenvalue weighted by Crippen LogP contribution is -2.42. The molecule has 4 heteroatoms. The van der Waals surface area contributed by atoms with E-state index in [0.29, 0.717) is 18.9 Å². The molecular formula is C15H24N2O2. The first kappa shape index (κ1) is 15.5. The highest BCUT2D eigenvalue weighted by atomic mass is 16.5. The summed E-state index contributed by atoms with van der Waals surface area (Å²) in [5, 5.41) is 2.87. The van der Waals surface area contributed by atoms with Crippen LogP contribution in [0.1, 0.15) is 25.8 Å². The lowest BCUT2D eigenvalue weighted by Gasteiger charge is -2.14. The molecule has 0 unspecified atom stereocenters. The Balaban J connectivity index is 2.35. The highest BCUT2D eigenvalue weighted by Crippen LogP contribution is 2.12. The fourth-order valence-corrected chi connectivity index (χ4v) is 1.90. The van der Waals surface area contributed by atoms with E-state index in [2.05, 4.69) is 19.2 Å². The highest BCUT2D eigenvalue weighted by Gasteiger charge is 2.13. The molecule has 0 aromatic heterocycles. The summed E-state index contributed by atoms with van der Waals surface area (Å²) in [6.45, 7) is 4.71. The van der Waals surface area contributed by atoms with Gasteiger partial charge in [0.1, 0.15) is 5.75 Å². The van der Waals surface area contributed by atoms with Gasteiger partial charge in [0, 0.05) is 6.54 Å². The van der Waals surface area contributed by atoms with Gasteiger partial charge in [-0.2, -0.15) is 0 Å². The highest BCUT2D eigenvalue weighted by molar-refractivity contribution is 5.81. The molecule has 1 aromatic carbocycles. The van der Waals surface area contributed by atoms with Crippen LogP contribution in [0.2, 0.25) is 0 Å². The van der Waals surface area contributed by atoms with E-state index in [0.717, 1.165) is 17.7 Å². The smallest absolute Gasteiger partial charge is 0.236 e. The van der Waals surface area contributed by atoms with Crippen molar-refractivity contribution in [3.63, 3.8) is 0 Å². The third-order valence-electron chi connectivity index (χ3n) is 2.91. The Kier molecular flexibility index (Phi) is 6.36. The van der Waals surface area contributed by atoms with Gasteiger partial charge in [0.2, 0.25) is 5.91 Å². The summed E-state index contributed by atoms with van der Waals surface area (Å²) in [5.41, 5.74) is 6.95. The second-order valence-electron chi connectivity index (χ2n) is 5.13. The normalized spacial score (nSPS) is 12.3. The average Bonchev–Trinajstić information content (AvgIpc) is 2.38. The van der Waals surface area contributed by atoms with Crippen LogP contribution < -0.4 is 15.8 Å². The molecule has 106 valence electrons. The number of nitrogens with two attached hydrogens (primary N) is 1. The molecule has 1 atom stereocenters. The van der Waals surface area contributed by atoms with E-state index >= 15 is 0 Å². The van der Waals surface area contributed by atoms with E-state index in [1.54, 1.807) is 7.11 Å². The number of carbonyl (C=O) groups is 1. The quantitative estimate of drug-likeness (QED) is 0.788. The molecule has 0 radical (unpaired) electrons. The lowest BCUT2D eigenvalue weighted by molar-refractivity contribution is -0.122. The third-order valence-corrected chi connectivity index (χ3v) is 2.91. The van der Waals surface area contributed by atoms with Crippen LogP contribution >= 0.6 is 0 Å². The Bertz CT molecular complexity index is 405. The average molecular weight is 264 g/mol. The predicted octanol–water partition coefficient (Wildman–Crippen LogP) is 1.73. The van der Waals surface area contributed by atoms with Crippen molar-refractivity contribution in [3.8, 4) is 5.75 Å². The Morgan fingerprint density at radius 1 is 1.42 bits per heavy atom. The molecule has 1 aromatic rings. The first-order chi connectivity index (χ1) is 9.02. The maximum Gasteiger partial charge on any atom is 0.236 e. The SMILES string of the molecule is COc1cccc(CCNC(=O)[C@@H](N)CC(C)C)c1. The van der Waals surface area contributed by atoms with Gasteiger partial charge in [-0.3, -0.25) is 4.79 Å². The summed E-state index contributed by atoms with van der Waals surface area (Å²) >= 11 is 0. The summed E-state index contributed by atoms with van der Waals surface area (Å²) in [7, 11) is 1.64. The molecule has 0 spiro atoms. The third kappa shape index (κ3) is 5.75. The molecule has 0 bridgehead atoms. The van der Waals surface area contributed by atoms with Gasteiger partial charge >= 0.3 is 0 Å². The van der Waals surface area contributed by atoms with Gasteiger partial charge in [-0.15, -0.1) is 0 Å². The Morgan fingerprint density at radius 2 is 2.16 bits per heavy atom. The fraction of sp³-hybridized carbons (Fsp3) is 0.533. The number of benzene rings is 1. The van der Waals surface area contributed by atoms with Crippen molar-refractivity contribution in [3.05, 3.63) is 29.8 Å². The minimum atomic E-state index is -0.412. The summed E-state index contributed by atoms with van der Waals surface area (Å²) in [4.78, 5) is 11.7. The number of carbonyl (C=O) groups excluding carboxylic acids is 1. The minimum absolute atomic E-state index is 0.0726. The van der Waals surface area contributed by atoms with Gasteiger partial charge in [0.15, 0.2) is 0 Å². The molecule has 4 nitrogen and oxygen atoms in total. The van der Waals surface area contributed by atoms with Crippen LogP contribution in [0.25, 0.3) is 0 Å². The first-order valence-corrected chi connectivity index (χ1v) is 6.69. The Hall–Kier alpha value is -1.55. The van der Waals surface area contributed by atoms with Crippen molar-refractivity contribution in [1.29, 1.82) is 0 Å². The van der Waals surface area contributed by atoms with Crippen LogP contribution in [0.4, 0.5) is 0 Å². The number of hydrogen-bond donors (Lipinski definition) is 2. The summed E-state index contributed by atoms with van der Waals surface area (Å²) in [6.07, 6.45) is 1.49. The van der Waals surface area contributed by atoms with Crippen LogP contribution in [0.3, 0.4) is 0 Å². The Morgan fingerprint density at radius 3 is 2.79 bits per heavy atom. The molecule has 0 saturated heterocycles. The zero-order valence-corrected chi connectivity index (χ0v) is 12.0. The van der Waals surface area contributed by atoms with Crippen LogP contribution in [-0.4, -0.2) is 25.6 Å². The first-order valence-electron chi connectivity index (χ1n) is 6.69. The Labute approximate surface area is 115 Å². The molecule has 0 aliphatic carbocycles. The molecule has 0 aliphatic rings. The number of rotatable bonds is 7. The second kappa shape index (κ2) is 7.79. The molecule has 0 aliphatic heterocycles. The number of methoxy groups -OCH3 is 1. The van der Waals surface area contributed by atoms with Gasteiger partial charge in [0.25, 0.3) is 0 Å². The van der Waals surface area contributed by atoms with Crippen molar-refractivity contribution in [2.75, 3.05) is 13.7 Å². The molecule has 1 rings (SSSR count). The van der Waals surface area contributed by atoms with Crippen LogP contribution in [0, 0.1) is 5.92 Å². The van der Waals surface area contributed by atoms with Gasteiger partial charge in [-0.05, 0) is 36.5 Å². The predicted molar refractivity (Wildman–Crippen MR) is 77.1 cm³/mol. The monoisotopic (exact) mass is 264 g/mol. The van der Waals surface area contributed by atoms with Gasteiger partial charge < -0.3 is 15.8 Å². The number of amides is 1. The van der Waals surface area contributed by atoms with Crippen molar-refractivity contribution >= 4 is 5.91 Å². The zero-order chi connectivity index (χ0) is 14.3. The number of nitrogens with one attached hydrogen (secondary N) is 1. The molecule has 0 fully saturated rings. The standard InChI is InChI=1S/C15H24N2O2/c1-11(2)9-14(16)15(18)17-8-7-12-5-4-6-13(10-12)19-3/h4-6,10-11,14H,7-9,16H2,1-3H3,(H,17,18)/t14-/m0/s1. The van der Waals surface area contributed by atoms with Gasteiger partial charge in [-0.25, -0.2) is 0 Å². The van der Waals surface area contributed by atoms with Crippen LogP contribution in [0.15, 0.2) is 24.3 Å². The molecule has 3 N–H and O–H groups in total. The maximum atomic E-state index is 11.7. The van der Waals surface area contributed by atoms with Crippen LogP contribution in [-0.2, 0) is 11.2 Å². The lowest BCUT2D eigenvalue weighted by atomic mass is 10.0. The minimum Gasteiger partial charge on any atom is -0.497 e. The van der Waals surface area contributed by atoms with E-state index in [1.807, 2.05) is 24.3 Å². The van der Waals surface area contributed by atoms with Crippen molar-refractivity contribution in [2.24, 2.45) is 11.7 Å².